The largest absolute Gasteiger partial charge is 0.459 e. The van der Waals surface area contributed by atoms with Gasteiger partial charge in [-0.1, -0.05) is 25.6 Å². The number of amides is 2. The number of aliphatic imine (C=N–C) groups is 1. The molecule has 0 atom stereocenters. The van der Waals surface area contributed by atoms with Crippen LogP contribution in [0.1, 0.15) is 71.1 Å². The number of aryl methyl sites for hydroxylation is 2. The van der Waals surface area contributed by atoms with Crippen LogP contribution in [0.5, 0.6) is 0 Å². The maximum absolute atomic E-state index is 13.1. The van der Waals surface area contributed by atoms with Crippen molar-refractivity contribution in [3.8, 4) is 0 Å². The second-order valence-corrected chi connectivity index (χ2v) is 13.3. The quantitative estimate of drug-likeness (QED) is 0.311. The van der Waals surface area contributed by atoms with Crippen LogP contribution in [0.4, 0.5) is 5.00 Å². The normalized spacial score (nSPS) is 16.5. The van der Waals surface area contributed by atoms with Gasteiger partial charge in [-0.3, -0.25) is 14.5 Å². The monoisotopic (exact) mass is 559 g/mol. The van der Waals surface area contributed by atoms with E-state index < -0.39 is 0 Å². The van der Waals surface area contributed by atoms with Crippen molar-refractivity contribution >= 4 is 68.5 Å². The average Bonchev–Trinajstić information content (AvgIpc) is 3.48. The predicted octanol–water partition coefficient (Wildman–Crippen LogP) is 6.13. The van der Waals surface area contributed by atoms with E-state index in [-0.39, 0.29) is 35.6 Å². The Morgan fingerprint density at radius 3 is 2.62 bits per heavy atom. The van der Waals surface area contributed by atoms with Crippen molar-refractivity contribution in [1.82, 2.24) is 4.90 Å². The van der Waals surface area contributed by atoms with Crippen LogP contribution in [-0.4, -0.2) is 46.3 Å². The number of fused-ring (bicyclic) bond motifs is 1. The van der Waals surface area contributed by atoms with Crippen molar-refractivity contribution in [2.45, 2.75) is 66.4 Å². The number of hydrogen-bond acceptors (Lipinski definition) is 8. The Balaban J connectivity index is 1.50. The molecule has 2 aromatic heterocycles. The minimum absolute atomic E-state index is 0.0767. The zero-order valence-electron chi connectivity index (χ0n) is 21.9. The highest BCUT2D eigenvalue weighted by atomic mass is 32.2. The molecule has 4 rings (SSSR count). The SMILES string of the molecule is Cc1ccc(C=C2N=C(SCC(=O)Nc3sc4c(c3C(=O)OC(C)C)CCCC4)N(CC(C)C)C2=O)s1. The lowest BCUT2D eigenvalue weighted by molar-refractivity contribution is -0.123. The van der Waals surface area contributed by atoms with Crippen molar-refractivity contribution in [2.75, 3.05) is 17.6 Å². The van der Waals surface area contributed by atoms with Gasteiger partial charge in [0, 0.05) is 21.2 Å². The molecule has 1 N–H and O–H groups in total. The molecule has 2 aliphatic rings. The molecule has 0 bridgehead atoms. The predicted molar refractivity (Wildman–Crippen MR) is 154 cm³/mol. The summed E-state index contributed by atoms with van der Waals surface area (Å²) in [6, 6.07) is 3.99. The molecule has 198 valence electrons. The third kappa shape index (κ3) is 6.72. The van der Waals surface area contributed by atoms with Gasteiger partial charge >= 0.3 is 5.97 Å². The Hall–Kier alpha value is -2.43. The second kappa shape index (κ2) is 12.0. The molecule has 0 fully saturated rings. The van der Waals surface area contributed by atoms with Gasteiger partial charge in [0.2, 0.25) is 5.91 Å². The first-order chi connectivity index (χ1) is 17.6. The van der Waals surface area contributed by atoms with E-state index in [9.17, 15) is 14.4 Å². The van der Waals surface area contributed by atoms with Crippen molar-refractivity contribution in [1.29, 1.82) is 0 Å². The summed E-state index contributed by atoms with van der Waals surface area (Å²) in [5.74, 6) is -0.447. The molecule has 0 spiro atoms. The molecule has 0 radical (unpaired) electrons. The number of esters is 1. The van der Waals surface area contributed by atoms with Gasteiger partial charge in [-0.05, 0) is 76.1 Å². The van der Waals surface area contributed by atoms with Gasteiger partial charge in [-0.15, -0.1) is 22.7 Å². The van der Waals surface area contributed by atoms with E-state index in [0.29, 0.717) is 28.0 Å². The first-order valence-corrected chi connectivity index (χ1v) is 15.2. The molecular formula is C27H33N3O4S3. The van der Waals surface area contributed by atoms with Crippen molar-refractivity contribution in [3.05, 3.63) is 43.6 Å². The summed E-state index contributed by atoms with van der Waals surface area (Å²) in [5.41, 5.74) is 1.89. The summed E-state index contributed by atoms with van der Waals surface area (Å²) in [6.45, 7) is 10.3. The van der Waals surface area contributed by atoms with Crippen LogP contribution in [0.3, 0.4) is 0 Å². The van der Waals surface area contributed by atoms with E-state index in [0.717, 1.165) is 41.0 Å². The van der Waals surface area contributed by atoms with Crippen molar-refractivity contribution in [3.63, 3.8) is 0 Å². The smallest absolute Gasteiger partial charge is 0.341 e. The number of amidine groups is 1. The molecule has 7 nitrogen and oxygen atoms in total. The maximum atomic E-state index is 13.1. The molecule has 3 heterocycles. The zero-order valence-corrected chi connectivity index (χ0v) is 24.3. The lowest BCUT2D eigenvalue weighted by atomic mass is 9.95. The average molecular weight is 560 g/mol. The Bertz CT molecular complexity index is 1260. The number of ether oxygens (including phenoxy) is 1. The molecule has 2 aromatic rings. The second-order valence-electron chi connectivity index (χ2n) is 9.89. The van der Waals surface area contributed by atoms with E-state index in [1.54, 1.807) is 16.2 Å². The van der Waals surface area contributed by atoms with Crippen molar-refractivity contribution in [2.24, 2.45) is 10.9 Å². The van der Waals surface area contributed by atoms with Gasteiger partial charge in [0.25, 0.3) is 5.91 Å². The minimum atomic E-state index is -0.384. The maximum Gasteiger partial charge on any atom is 0.341 e. The Labute approximate surface area is 230 Å². The highest BCUT2D eigenvalue weighted by Crippen LogP contribution is 2.39. The van der Waals surface area contributed by atoms with E-state index in [1.165, 1.54) is 28.0 Å². The molecule has 1 aliphatic carbocycles. The first kappa shape index (κ1) is 27.6. The summed E-state index contributed by atoms with van der Waals surface area (Å²) in [6.07, 6.45) is 5.40. The third-order valence-electron chi connectivity index (χ3n) is 5.80. The number of anilines is 1. The van der Waals surface area contributed by atoms with Crippen LogP contribution in [-0.2, 0) is 27.2 Å². The Kier molecular flexibility index (Phi) is 8.92. The highest BCUT2D eigenvalue weighted by Gasteiger charge is 2.32. The van der Waals surface area contributed by atoms with E-state index in [2.05, 4.69) is 10.3 Å². The van der Waals surface area contributed by atoms with Gasteiger partial charge < -0.3 is 10.1 Å². The van der Waals surface area contributed by atoms with Gasteiger partial charge in [0.15, 0.2) is 5.17 Å². The van der Waals surface area contributed by atoms with Gasteiger partial charge in [-0.2, -0.15) is 0 Å². The summed E-state index contributed by atoms with van der Waals surface area (Å²) < 4.78 is 5.49. The highest BCUT2D eigenvalue weighted by molar-refractivity contribution is 8.14. The fraction of sp³-hybridized carbons (Fsp3) is 0.481. The van der Waals surface area contributed by atoms with Crippen LogP contribution in [0.25, 0.3) is 6.08 Å². The number of rotatable bonds is 8. The van der Waals surface area contributed by atoms with E-state index >= 15 is 0 Å². The molecule has 0 aromatic carbocycles. The molecule has 1 aliphatic heterocycles. The Morgan fingerprint density at radius 1 is 1.19 bits per heavy atom. The lowest BCUT2D eigenvalue weighted by Crippen LogP contribution is -2.34. The first-order valence-electron chi connectivity index (χ1n) is 12.6. The fourth-order valence-corrected chi connectivity index (χ4v) is 7.18. The number of carbonyl (C=O) groups is 3. The lowest BCUT2D eigenvalue weighted by Gasteiger charge is -2.19. The van der Waals surface area contributed by atoms with E-state index in [4.69, 9.17) is 4.74 Å². The topological polar surface area (TPSA) is 88.1 Å². The molecule has 0 unspecified atom stereocenters. The number of hydrogen-bond donors (Lipinski definition) is 1. The number of thioether (sulfide) groups is 1. The van der Waals surface area contributed by atoms with Gasteiger partial charge in [-0.25, -0.2) is 9.79 Å². The number of carbonyl (C=O) groups excluding carboxylic acids is 3. The standard InChI is InChI=1S/C27H33N3O4S3/c1-15(2)13-30-25(32)20(12-18-11-10-17(5)36-18)28-27(30)35-14-22(31)29-24-23(26(33)34-16(3)4)19-8-6-7-9-21(19)37-24/h10-12,15-16H,6-9,13-14H2,1-5H3,(H,29,31). The molecule has 37 heavy (non-hydrogen) atoms. The summed E-state index contributed by atoms with van der Waals surface area (Å²) >= 11 is 4.32. The summed E-state index contributed by atoms with van der Waals surface area (Å²) in [4.78, 5) is 48.5. The van der Waals surface area contributed by atoms with E-state index in [1.807, 2.05) is 52.8 Å². The minimum Gasteiger partial charge on any atom is -0.459 e. The molecule has 10 heteroatoms. The van der Waals surface area contributed by atoms with Gasteiger partial charge in [0.05, 0.1) is 17.4 Å². The van der Waals surface area contributed by atoms with Gasteiger partial charge in [0.1, 0.15) is 10.7 Å². The van der Waals surface area contributed by atoms with Crippen LogP contribution in [0, 0.1) is 12.8 Å². The Morgan fingerprint density at radius 2 is 1.95 bits per heavy atom. The molecule has 0 saturated heterocycles. The van der Waals surface area contributed by atoms with Crippen molar-refractivity contribution < 1.29 is 19.1 Å². The zero-order chi connectivity index (χ0) is 26.7. The number of nitrogens with one attached hydrogen (secondary N) is 1. The third-order valence-corrected chi connectivity index (χ3v) is 8.93. The van der Waals surface area contributed by atoms with Crippen LogP contribution in [0.2, 0.25) is 0 Å². The molecular weight excluding hydrogens is 527 g/mol. The fourth-order valence-electron chi connectivity index (χ4n) is 4.27. The van der Waals surface area contributed by atoms with Crippen LogP contribution >= 0.6 is 34.4 Å². The molecule has 2 amide bonds. The molecule has 0 saturated carbocycles. The number of thiophene rings is 2. The van der Waals surface area contributed by atoms with Crippen LogP contribution < -0.4 is 5.32 Å². The summed E-state index contributed by atoms with van der Waals surface area (Å²) in [5, 5.41) is 4.04. The summed E-state index contributed by atoms with van der Waals surface area (Å²) in [7, 11) is 0. The number of nitrogens with zero attached hydrogens (tertiary/aromatic N) is 2. The van der Waals surface area contributed by atoms with Crippen LogP contribution in [0.15, 0.2) is 22.8 Å².